The van der Waals surface area contributed by atoms with Crippen molar-refractivity contribution in [3.8, 4) is 0 Å². The van der Waals surface area contributed by atoms with Crippen molar-refractivity contribution in [2.45, 2.75) is 70.9 Å². The molecule has 1 amide bonds. The predicted molar refractivity (Wildman–Crippen MR) is 83.4 cm³/mol. The SMILES string of the molecule is CC(C)(C)CC(C)(C)NC(=O)[C@@H]1N[C@@H](CO)[C@H](O)[C@H]1O.Cl. The van der Waals surface area contributed by atoms with Crippen molar-refractivity contribution in [3.63, 3.8) is 0 Å². The molecule has 7 heteroatoms. The van der Waals surface area contributed by atoms with Crippen LogP contribution in [0.5, 0.6) is 0 Å². The fourth-order valence-electron chi connectivity index (χ4n) is 3.04. The highest BCUT2D eigenvalue weighted by Gasteiger charge is 2.45. The van der Waals surface area contributed by atoms with Crippen LogP contribution in [0.25, 0.3) is 0 Å². The normalized spacial score (nSPS) is 29.9. The molecule has 1 heterocycles. The molecule has 1 fully saturated rings. The van der Waals surface area contributed by atoms with Gasteiger partial charge in [-0.25, -0.2) is 0 Å². The largest absolute Gasteiger partial charge is 0.395 e. The number of aliphatic hydroxyl groups excluding tert-OH is 3. The van der Waals surface area contributed by atoms with Crippen molar-refractivity contribution >= 4 is 18.3 Å². The standard InChI is InChI=1S/C14H28N2O4.ClH/c1-13(2,3)7-14(4,5)16-12(20)9-11(19)10(18)8(6-17)15-9;/h8-11,15,17-19H,6-7H2,1-5H3,(H,16,20);1H/t8-,9+,10-,11-;/m0./s1. The molecule has 126 valence electrons. The van der Waals surface area contributed by atoms with Crippen molar-refractivity contribution in [2.24, 2.45) is 5.41 Å². The zero-order valence-corrected chi connectivity index (χ0v) is 14.2. The molecule has 0 unspecified atom stereocenters. The summed E-state index contributed by atoms with van der Waals surface area (Å²) in [7, 11) is 0. The second-order valence-corrected chi connectivity index (χ2v) is 7.53. The Hall–Kier alpha value is -0.400. The Kier molecular flexibility index (Phi) is 7.10. The first-order valence-corrected chi connectivity index (χ1v) is 7.02. The molecule has 0 radical (unpaired) electrons. The zero-order valence-electron chi connectivity index (χ0n) is 13.4. The molecule has 1 aliphatic rings. The molecular formula is C14H29ClN2O4. The van der Waals surface area contributed by atoms with Gasteiger partial charge in [0.1, 0.15) is 12.1 Å². The molecule has 0 aliphatic carbocycles. The monoisotopic (exact) mass is 324 g/mol. The molecule has 0 aromatic rings. The Morgan fingerprint density at radius 2 is 1.67 bits per heavy atom. The Labute approximate surface area is 132 Å². The molecule has 0 aromatic carbocycles. The number of halogens is 1. The summed E-state index contributed by atoms with van der Waals surface area (Å²) in [4.78, 5) is 12.2. The molecule has 5 N–H and O–H groups in total. The first-order valence-electron chi connectivity index (χ1n) is 7.02. The summed E-state index contributed by atoms with van der Waals surface area (Å²) < 4.78 is 0. The smallest absolute Gasteiger partial charge is 0.240 e. The highest BCUT2D eigenvalue weighted by molar-refractivity contribution is 5.85. The maximum absolute atomic E-state index is 12.2. The van der Waals surface area contributed by atoms with Crippen LogP contribution in [-0.2, 0) is 4.79 Å². The zero-order chi connectivity index (χ0) is 15.7. The van der Waals surface area contributed by atoms with Gasteiger partial charge in [0.05, 0.1) is 18.8 Å². The van der Waals surface area contributed by atoms with E-state index in [2.05, 4.69) is 31.4 Å². The van der Waals surface area contributed by atoms with Crippen LogP contribution in [0.15, 0.2) is 0 Å². The van der Waals surface area contributed by atoms with Crippen LogP contribution in [0.3, 0.4) is 0 Å². The highest BCUT2D eigenvalue weighted by atomic mass is 35.5. The molecular weight excluding hydrogens is 296 g/mol. The van der Waals surface area contributed by atoms with Crippen molar-refractivity contribution in [2.75, 3.05) is 6.61 Å². The van der Waals surface area contributed by atoms with Gasteiger partial charge in [-0.05, 0) is 25.7 Å². The summed E-state index contributed by atoms with van der Waals surface area (Å²) in [5, 5.41) is 34.3. The van der Waals surface area contributed by atoms with Gasteiger partial charge in [0.15, 0.2) is 0 Å². The number of carbonyl (C=O) groups is 1. The number of aliphatic hydroxyl groups is 3. The number of carbonyl (C=O) groups excluding carboxylic acids is 1. The van der Waals surface area contributed by atoms with E-state index in [0.29, 0.717) is 0 Å². The predicted octanol–water partition coefficient (Wildman–Crippen LogP) is -0.206. The maximum Gasteiger partial charge on any atom is 0.240 e. The lowest BCUT2D eigenvalue weighted by molar-refractivity contribution is -0.127. The van der Waals surface area contributed by atoms with Crippen molar-refractivity contribution in [1.82, 2.24) is 10.6 Å². The second-order valence-electron chi connectivity index (χ2n) is 7.53. The maximum atomic E-state index is 12.2. The molecule has 0 spiro atoms. The fraction of sp³-hybridized carbons (Fsp3) is 0.929. The van der Waals surface area contributed by atoms with Gasteiger partial charge in [-0.15, -0.1) is 12.4 Å². The minimum Gasteiger partial charge on any atom is -0.395 e. The van der Waals surface area contributed by atoms with E-state index in [1.807, 2.05) is 13.8 Å². The van der Waals surface area contributed by atoms with Crippen LogP contribution in [0.1, 0.15) is 41.0 Å². The number of rotatable bonds is 4. The third kappa shape index (κ3) is 5.71. The Bertz CT molecular complexity index is 357. The van der Waals surface area contributed by atoms with Crippen LogP contribution >= 0.6 is 12.4 Å². The minimum absolute atomic E-state index is 0. The number of nitrogens with one attached hydrogen (secondary N) is 2. The van der Waals surface area contributed by atoms with E-state index < -0.39 is 29.8 Å². The molecule has 1 saturated heterocycles. The molecule has 1 rings (SSSR count). The van der Waals surface area contributed by atoms with E-state index in [-0.39, 0.29) is 30.3 Å². The van der Waals surface area contributed by atoms with E-state index in [1.54, 1.807) is 0 Å². The van der Waals surface area contributed by atoms with E-state index in [0.717, 1.165) is 6.42 Å². The average Bonchev–Trinajstić information content (AvgIpc) is 2.51. The molecule has 0 aromatic heterocycles. The summed E-state index contributed by atoms with van der Waals surface area (Å²) in [6, 6.07) is -1.58. The minimum atomic E-state index is -1.21. The van der Waals surface area contributed by atoms with Crippen molar-refractivity contribution in [1.29, 1.82) is 0 Å². The highest BCUT2D eigenvalue weighted by Crippen LogP contribution is 2.27. The number of hydrogen-bond acceptors (Lipinski definition) is 5. The Morgan fingerprint density at radius 3 is 2.05 bits per heavy atom. The summed E-state index contributed by atoms with van der Waals surface area (Å²) in [6.45, 7) is 9.81. The van der Waals surface area contributed by atoms with Gasteiger partial charge in [0.2, 0.25) is 5.91 Å². The van der Waals surface area contributed by atoms with Crippen LogP contribution in [-0.4, -0.2) is 57.7 Å². The van der Waals surface area contributed by atoms with E-state index >= 15 is 0 Å². The van der Waals surface area contributed by atoms with Gasteiger partial charge in [-0.2, -0.15) is 0 Å². The quantitative estimate of drug-likeness (QED) is 0.493. The van der Waals surface area contributed by atoms with Gasteiger partial charge in [0.25, 0.3) is 0 Å². The van der Waals surface area contributed by atoms with Gasteiger partial charge >= 0.3 is 0 Å². The van der Waals surface area contributed by atoms with E-state index in [9.17, 15) is 15.0 Å². The molecule has 0 bridgehead atoms. The molecule has 6 nitrogen and oxygen atoms in total. The third-order valence-corrected chi connectivity index (χ3v) is 3.41. The lowest BCUT2D eigenvalue weighted by Crippen LogP contribution is -2.55. The van der Waals surface area contributed by atoms with Gasteiger partial charge < -0.3 is 20.6 Å². The van der Waals surface area contributed by atoms with Crippen molar-refractivity contribution < 1.29 is 20.1 Å². The van der Waals surface area contributed by atoms with Gasteiger partial charge in [-0.3, -0.25) is 10.1 Å². The summed E-state index contributed by atoms with van der Waals surface area (Å²) in [5.74, 6) is -0.359. The second kappa shape index (κ2) is 7.24. The van der Waals surface area contributed by atoms with E-state index in [4.69, 9.17) is 5.11 Å². The number of amides is 1. The van der Waals surface area contributed by atoms with Crippen LogP contribution in [0.2, 0.25) is 0 Å². The summed E-state index contributed by atoms with van der Waals surface area (Å²) in [5.41, 5.74) is -0.357. The Morgan fingerprint density at radius 1 is 1.14 bits per heavy atom. The third-order valence-electron chi connectivity index (χ3n) is 3.41. The van der Waals surface area contributed by atoms with Crippen LogP contribution in [0, 0.1) is 5.41 Å². The van der Waals surface area contributed by atoms with Gasteiger partial charge in [0, 0.05) is 5.54 Å². The lowest BCUT2D eigenvalue weighted by atomic mass is 9.81. The number of hydrogen-bond donors (Lipinski definition) is 5. The van der Waals surface area contributed by atoms with Crippen molar-refractivity contribution in [3.05, 3.63) is 0 Å². The van der Waals surface area contributed by atoms with Crippen LogP contribution < -0.4 is 10.6 Å². The van der Waals surface area contributed by atoms with E-state index in [1.165, 1.54) is 0 Å². The first kappa shape index (κ1) is 20.6. The molecule has 1 aliphatic heterocycles. The first-order chi connectivity index (χ1) is 8.97. The molecule has 21 heavy (non-hydrogen) atoms. The molecule has 4 atom stereocenters. The summed E-state index contributed by atoms with van der Waals surface area (Å²) in [6.07, 6.45) is -1.57. The average molecular weight is 325 g/mol. The lowest BCUT2D eigenvalue weighted by Gasteiger charge is -2.34. The molecule has 0 saturated carbocycles. The topological polar surface area (TPSA) is 102 Å². The van der Waals surface area contributed by atoms with Gasteiger partial charge in [-0.1, -0.05) is 20.8 Å². The summed E-state index contributed by atoms with van der Waals surface area (Å²) >= 11 is 0. The van der Waals surface area contributed by atoms with Crippen LogP contribution in [0.4, 0.5) is 0 Å². The Balaban J connectivity index is 0.00000400. The fourth-order valence-corrected chi connectivity index (χ4v) is 3.04.